The first-order valence-corrected chi connectivity index (χ1v) is 9.98. The lowest BCUT2D eigenvalue weighted by Gasteiger charge is -2.17. The van der Waals surface area contributed by atoms with Crippen LogP contribution in [-0.2, 0) is 6.61 Å². The molecule has 3 aromatic rings. The Labute approximate surface area is 190 Å². The van der Waals surface area contributed by atoms with Crippen LogP contribution >= 0.6 is 0 Å². The summed E-state index contributed by atoms with van der Waals surface area (Å²) < 4.78 is 31.2. The third-order valence-corrected chi connectivity index (χ3v) is 5.19. The van der Waals surface area contributed by atoms with Gasteiger partial charge in [-0.15, -0.1) is 0 Å². The molecule has 172 valence electrons. The Kier molecular flexibility index (Phi) is 6.86. The molecule has 33 heavy (non-hydrogen) atoms. The van der Waals surface area contributed by atoms with Crippen molar-refractivity contribution < 1.29 is 38.4 Å². The third-order valence-electron chi connectivity index (χ3n) is 5.19. The Morgan fingerprint density at radius 2 is 1.67 bits per heavy atom. The molecular formula is C25H23FO7. The van der Waals surface area contributed by atoms with Crippen molar-refractivity contribution in [1.82, 2.24) is 0 Å². The summed E-state index contributed by atoms with van der Waals surface area (Å²) in [4.78, 5) is 24.3. The first-order valence-electron chi connectivity index (χ1n) is 9.98. The van der Waals surface area contributed by atoms with E-state index in [9.17, 15) is 24.2 Å². The molecule has 0 aromatic heterocycles. The van der Waals surface area contributed by atoms with E-state index in [-0.39, 0.29) is 22.4 Å². The lowest BCUT2D eigenvalue weighted by atomic mass is 10.0. The molecule has 0 heterocycles. The summed E-state index contributed by atoms with van der Waals surface area (Å²) in [6, 6.07) is 12.7. The number of carbonyl (C=O) groups excluding carboxylic acids is 1. The van der Waals surface area contributed by atoms with Crippen molar-refractivity contribution in [2.24, 2.45) is 0 Å². The van der Waals surface area contributed by atoms with Crippen LogP contribution in [0, 0.1) is 26.6 Å². The molecule has 0 bridgehead atoms. The summed E-state index contributed by atoms with van der Waals surface area (Å²) in [6.07, 6.45) is 0. The fourth-order valence-corrected chi connectivity index (χ4v) is 3.41. The molecule has 0 unspecified atom stereocenters. The highest BCUT2D eigenvalue weighted by Gasteiger charge is 2.28. The van der Waals surface area contributed by atoms with Gasteiger partial charge in [0, 0.05) is 17.2 Å². The second kappa shape index (κ2) is 9.60. The molecule has 0 atom stereocenters. The number of carboxylic acid groups (broad SMARTS) is 1. The largest absolute Gasteiger partial charge is 0.507 e. The zero-order valence-corrected chi connectivity index (χ0v) is 18.6. The van der Waals surface area contributed by atoms with Crippen LogP contribution in [0.1, 0.15) is 43.0 Å². The lowest BCUT2D eigenvalue weighted by Crippen LogP contribution is -2.15. The zero-order valence-electron chi connectivity index (χ0n) is 18.6. The van der Waals surface area contributed by atoms with E-state index in [0.29, 0.717) is 17.9 Å². The summed E-state index contributed by atoms with van der Waals surface area (Å²) in [7, 11) is 1.37. The van der Waals surface area contributed by atoms with Gasteiger partial charge in [-0.2, -0.15) is 0 Å². The van der Waals surface area contributed by atoms with Gasteiger partial charge in [0.25, 0.3) is 0 Å². The van der Waals surface area contributed by atoms with Crippen molar-refractivity contribution in [2.75, 3.05) is 7.11 Å². The summed E-state index contributed by atoms with van der Waals surface area (Å²) in [5.41, 5.74) is 0.332. The predicted octanol–water partition coefficient (Wildman–Crippen LogP) is 4.96. The average Bonchev–Trinajstić information content (AvgIpc) is 2.79. The van der Waals surface area contributed by atoms with Crippen LogP contribution in [-0.4, -0.2) is 29.3 Å². The van der Waals surface area contributed by atoms with Crippen molar-refractivity contribution >= 4 is 11.9 Å². The fourth-order valence-electron chi connectivity index (χ4n) is 3.41. The molecule has 0 fully saturated rings. The Morgan fingerprint density at radius 1 is 1.00 bits per heavy atom. The minimum atomic E-state index is -1.49. The van der Waals surface area contributed by atoms with Crippen LogP contribution in [0.4, 0.5) is 4.39 Å². The summed E-state index contributed by atoms with van der Waals surface area (Å²) in [5, 5.41) is 19.4. The number of benzene rings is 3. The third kappa shape index (κ3) is 4.74. The van der Waals surface area contributed by atoms with E-state index < -0.39 is 34.8 Å². The maximum absolute atomic E-state index is 14.8. The van der Waals surface area contributed by atoms with Gasteiger partial charge in [-0.3, -0.25) is 0 Å². The van der Waals surface area contributed by atoms with Crippen molar-refractivity contribution in [2.45, 2.75) is 27.4 Å². The number of hydrogen-bond donors (Lipinski definition) is 2. The molecule has 8 heteroatoms. The van der Waals surface area contributed by atoms with E-state index in [1.165, 1.54) is 27.0 Å². The molecular weight excluding hydrogens is 431 g/mol. The second-order valence-corrected chi connectivity index (χ2v) is 7.40. The molecule has 0 saturated carbocycles. The molecule has 0 saturated heterocycles. The van der Waals surface area contributed by atoms with Crippen LogP contribution in [0.3, 0.4) is 0 Å². The normalized spacial score (nSPS) is 10.6. The van der Waals surface area contributed by atoms with Crippen molar-refractivity contribution in [3.8, 4) is 23.0 Å². The maximum atomic E-state index is 14.8. The van der Waals surface area contributed by atoms with Crippen LogP contribution in [0.2, 0.25) is 0 Å². The molecule has 3 rings (SSSR count). The highest BCUT2D eigenvalue weighted by Crippen LogP contribution is 2.38. The predicted molar refractivity (Wildman–Crippen MR) is 118 cm³/mol. The number of carbonyl (C=O) groups is 2. The van der Waals surface area contributed by atoms with Gasteiger partial charge < -0.3 is 24.4 Å². The topological polar surface area (TPSA) is 102 Å². The Hall–Kier alpha value is -4.07. The number of esters is 1. The van der Waals surface area contributed by atoms with Crippen LogP contribution in [0.15, 0.2) is 42.5 Å². The number of hydrogen-bond acceptors (Lipinski definition) is 6. The number of aryl methyl sites for hydroxylation is 1. The van der Waals surface area contributed by atoms with Gasteiger partial charge in [0.15, 0.2) is 11.6 Å². The minimum absolute atomic E-state index is 0.0443. The number of rotatable bonds is 7. The Balaban J connectivity index is 1.92. The summed E-state index contributed by atoms with van der Waals surface area (Å²) in [5.74, 6) is -4.06. The Bertz CT molecular complexity index is 1190. The lowest BCUT2D eigenvalue weighted by molar-refractivity contribution is 0.0692. The molecule has 0 spiro atoms. The molecule has 2 N–H and O–H groups in total. The Morgan fingerprint density at radius 3 is 2.27 bits per heavy atom. The van der Waals surface area contributed by atoms with Gasteiger partial charge in [-0.25, -0.2) is 14.0 Å². The van der Waals surface area contributed by atoms with E-state index >= 15 is 0 Å². The van der Waals surface area contributed by atoms with Gasteiger partial charge in [-0.05, 0) is 38.0 Å². The van der Waals surface area contributed by atoms with Crippen molar-refractivity contribution in [3.63, 3.8) is 0 Å². The molecule has 0 radical (unpaired) electrons. The molecule has 3 aromatic carbocycles. The molecule has 7 nitrogen and oxygen atoms in total. The smallest absolute Gasteiger partial charge is 0.347 e. The summed E-state index contributed by atoms with van der Waals surface area (Å²) >= 11 is 0. The molecule has 0 aliphatic carbocycles. The van der Waals surface area contributed by atoms with E-state index in [4.69, 9.17) is 14.2 Å². The van der Waals surface area contributed by atoms with Crippen LogP contribution < -0.4 is 14.2 Å². The van der Waals surface area contributed by atoms with Crippen LogP contribution in [0.25, 0.3) is 0 Å². The molecule has 0 aliphatic rings. The first-order chi connectivity index (χ1) is 15.6. The number of halogens is 1. The monoisotopic (exact) mass is 454 g/mol. The van der Waals surface area contributed by atoms with E-state index in [0.717, 1.165) is 5.56 Å². The highest BCUT2D eigenvalue weighted by molar-refractivity contribution is 5.97. The van der Waals surface area contributed by atoms with Gasteiger partial charge in [-0.1, -0.05) is 30.3 Å². The van der Waals surface area contributed by atoms with E-state index in [2.05, 4.69) is 0 Å². The molecule has 0 amide bonds. The fraction of sp³-hybridized carbons (Fsp3) is 0.200. The maximum Gasteiger partial charge on any atom is 0.347 e. The minimum Gasteiger partial charge on any atom is -0.507 e. The number of phenols is 1. The first kappa shape index (κ1) is 23.6. The van der Waals surface area contributed by atoms with Gasteiger partial charge in [0.05, 0.1) is 7.11 Å². The number of methoxy groups -OCH3 is 1. The quantitative estimate of drug-likeness (QED) is 0.384. The van der Waals surface area contributed by atoms with E-state index in [1.807, 2.05) is 30.3 Å². The van der Waals surface area contributed by atoms with Crippen molar-refractivity contribution in [3.05, 3.63) is 81.7 Å². The zero-order chi connectivity index (χ0) is 24.3. The van der Waals surface area contributed by atoms with Crippen molar-refractivity contribution in [1.29, 1.82) is 0 Å². The number of ether oxygens (including phenoxy) is 3. The van der Waals surface area contributed by atoms with Gasteiger partial charge >= 0.3 is 11.9 Å². The second-order valence-electron chi connectivity index (χ2n) is 7.40. The van der Waals surface area contributed by atoms with Gasteiger partial charge in [0.2, 0.25) is 0 Å². The van der Waals surface area contributed by atoms with Gasteiger partial charge in [0.1, 0.15) is 35.0 Å². The van der Waals surface area contributed by atoms with Crippen LogP contribution in [0.5, 0.6) is 23.0 Å². The van der Waals surface area contributed by atoms with E-state index in [1.54, 1.807) is 13.0 Å². The number of carboxylic acids is 1. The SMILES string of the molecule is COc1cc(OCc2ccccc2)cc(C)c1C(=O)Oc1c(C)c(O)c(C(=O)O)c(C)c1F. The molecule has 0 aliphatic heterocycles. The standard InChI is InChI=1S/C25H23FO7/c1-13-10-17(32-12-16-8-6-5-7-9-16)11-18(31-4)19(13)25(30)33-23-15(3)22(27)20(24(28)29)14(2)21(23)26/h5-11,27H,12H2,1-4H3,(H,28,29). The number of aromatic hydroxyl groups is 1. The average molecular weight is 454 g/mol. The number of aromatic carboxylic acids is 1. The highest BCUT2D eigenvalue weighted by atomic mass is 19.1. The summed E-state index contributed by atoms with van der Waals surface area (Å²) in [6.45, 7) is 4.40.